The molecule has 0 amide bonds. The zero-order valence-electron chi connectivity index (χ0n) is 66.7. The van der Waals surface area contributed by atoms with Gasteiger partial charge < -0.3 is 8.94 Å². The van der Waals surface area contributed by atoms with Gasteiger partial charge in [-0.05, 0) is 24.3 Å². The largest absolute Gasteiger partial charge is 0.431 e. The molecule has 0 saturated carbocycles. The highest BCUT2D eigenvalue weighted by molar-refractivity contribution is 7.07. The number of tetrazole rings is 1. The average molecular weight is 1330 g/mol. The maximum atomic E-state index is 4.36. The highest BCUT2D eigenvalue weighted by Crippen LogP contribution is 1.80. The Labute approximate surface area is 571 Å². The summed E-state index contributed by atoms with van der Waals surface area (Å²) >= 11 is 1.49. The van der Waals surface area contributed by atoms with Crippen LogP contribution in [0.3, 0.4) is 0 Å². The summed E-state index contributed by atoms with van der Waals surface area (Å²) in [6.45, 7) is 80.0. The van der Waals surface area contributed by atoms with Crippen LogP contribution in [0.4, 0.5) is 0 Å². The molecule has 10 rings (SSSR count). The lowest BCUT2D eigenvalue weighted by Gasteiger charge is -1.70. The number of hydrogen-bond acceptors (Lipinski definition) is 22. The number of hydrogen-bond donors (Lipinski definition) is 5. The van der Waals surface area contributed by atoms with Gasteiger partial charge in [0, 0.05) is 24.8 Å². The average Bonchev–Trinajstić information content (AvgIpc) is 4.55. The fraction of sp³-hybridized carbons (Fsp3) is 0.615. The van der Waals surface area contributed by atoms with Gasteiger partial charge in [-0.25, -0.2) is 19.9 Å². The molecule has 10 heterocycles. The Morgan fingerprint density at radius 2 is 0.652 bits per heavy atom. The van der Waals surface area contributed by atoms with Crippen LogP contribution in [0.25, 0.3) is 0 Å². The molecule has 26 nitrogen and oxygen atoms in total. The van der Waals surface area contributed by atoms with Gasteiger partial charge in [-0.1, -0.05) is 293 Å². The third-order valence-corrected chi connectivity index (χ3v) is 3.98. The summed E-state index contributed by atoms with van der Waals surface area (Å²) in [5.74, 6) is 0. The van der Waals surface area contributed by atoms with Crippen molar-refractivity contribution in [1.29, 1.82) is 0 Å². The fourth-order valence-electron chi connectivity index (χ4n) is 1.81. The minimum absolute atomic E-state index is 1.26. The topological polar surface area (TPSA) is 350 Å². The summed E-state index contributed by atoms with van der Waals surface area (Å²) in [5.41, 5.74) is 3.36. The number of aromatic nitrogens is 24. The van der Waals surface area contributed by atoms with Crippen LogP contribution in [0.15, 0.2) is 163 Å². The monoisotopic (exact) mass is 1330 g/mol. The quantitative estimate of drug-likeness (QED) is 0.0941. The fourth-order valence-corrected chi connectivity index (χ4v) is 2.08. The molecule has 0 radical (unpaired) electrons. The van der Waals surface area contributed by atoms with Gasteiger partial charge in [-0.15, -0.1) is 41.9 Å². The standard InChI is InChI=1S/C5H5N.C3H3N3.C3H4N2.C3H3NO.3C2H3N3.C2H2N2O.C2H2N2S.20C2H6.CH2N4/c1-2-4-6-5-3-1;1-4-2-6-3-5-1;2*1-2-4-5-3-1;1-3-2-5-4-1;2*1-2-4-5-3-1;2*1-3-4-2-5-1;20*1-2;1-2-4-5-3-1/h1-5H;1-3H;1-3H,(H,4,5);1-3H;3*1-2H,(H,3,4,5);2*1-2H;20*1-2H3;1H,(H,2,3,4,5). The van der Waals surface area contributed by atoms with Crippen LogP contribution < -0.4 is 0 Å². The second-order valence-electron chi connectivity index (χ2n) is 6.95. The van der Waals surface area contributed by atoms with Crippen molar-refractivity contribution in [1.82, 2.24) is 122 Å². The second kappa shape index (κ2) is 289. The summed E-state index contributed by atoms with van der Waals surface area (Å²) in [5, 5.41) is 60.0. The molecule has 0 aliphatic carbocycles. The van der Waals surface area contributed by atoms with Gasteiger partial charge in [0.05, 0.1) is 31.0 Å². The van der Waals surface area contributed by atoms with Crippen molar-refractivity contribution in [2.24, 2.45) is 0 Å². The third kappa shape index (κ3) is 278. The van der Waals surface area contributed by atoms with Crippen LogP contribution in [0, 0.1) is 0 Å². The van der Waals surface area contributed by atoms with E-state index in [0.29, 0.717) is 0 Å². The Bertz CT molecular complexity index is 1250. The smallest absolute Gasteiger partial charge is 0.203 e. The van der Waals surface area contributed by atoms with Crippen LogP contribution in [0.5, 0.6) is 0 Å². The van der Waals surface area contributed by atoms with Crippen molar-refractivity contribution in [3.8, 4) is 0 Å². The number of nitrogens with one attached hydrogen (secondary N) is 5. The molecule has 0 aromatic carbocycles. The van der Waals surface area contributed by atoms with E-state index in [2.05, 4.69) is 131 Å². The number of aromatic amines is 5. The van der Waals surface area contributed by atoms with E-state index in [-0.39, 0.29) is 0 Å². The Morgan fingerprint density at radius 3 is 0.750 bits per heavy atom. The molecule has 10 aromatic heterocycles. The minimum atomic E-state index is 1.26. The van der Waals surface area contributed by atoms with Crippen molar-refractivity contribution in [3.63, 3.8) is 0 Å². The third-order valence-electron chi connectivity index (χ3n) is 3.55. The van der Waals surface area contributed by atoms with Crippen molar-refractivity contribution in [3.05, 3.63) is 154 Å². The predicted molar refractivity (Wildman–Crippen MR) is 404 cm³/mol. The van der Waals surface area contributed by atoms with Crippen molar-refractivity contribution < 1.29 is 8.94 Å². The van der Waals surface area contributed by atoms with Crippen LogP contribution in [0.1, 0.15) is 277 Å². The number of rotatable bonds is 0. The number of nitrogens with zero attached hydrogens (tertiary/aromatic N) is 19. The van der Waals surface area contributed by atoms with Crippen LogP contribution >= 0.6 is 11.3 Å². The van der Waals surface area contributed by atoms with Gasteiger partial charge in [0.2, 0.25) is 12.8 Å². The van der Waals surface area contributed by atoms with Crippen LogP contribution in [0.2, 0.25) is 0 Å². The van der Waals surface area contributed by atoms with Crippen LogP contribution in [-0.4, -0.2) is 122 Å². The zero-order chi connectivity index (χ0) is 76.8. The van der Waals surface area contributed by atoms with Crippen molar-refractivity contribution in [2.75, 3.05) is 0 Å². The first kappa shape index (κ1) is 141. The number of pyridine rings is 1. The summed E-state index contributed by atoms with van der Waals surface area (Å²) in [7, 11) is 0. The first-order valence-electron chi connectivity index (χ1n) is 33.6. The molecule has 0 spiro atoms. The van der Waals surface area contributed by atoms with E-state index in [0.717, 1.165) is 0 Å². The molecule has 0 saturated heterocycles. The molecule has 92 heavy (non-hydrogen) atoms. The Hall–Kier alpha value is -8.23. The van der Waals surface area contributed by atoms with E-state index in [9.17, 15) is 0 Å². The molecule has 0 unspecified atom stereocenters. The van der Waals surface area contributed by atoms with Crippen LogP contribution in [-0.2, 0) is 0 Å². The minimum Gasteiger partial charge on any atom is -0.431 e. The molecular weight excluding hydrogens is 1180 g/mol. The molecular formula is C65H150N24O2S. The highest BCUT2D eigenvalue weighted by atomic mass is 32.1. The maximum absolute atomic E-state index is 4.36. The van der Waals surface area contributed by atoms with E-state index < -0.39 is 0 Å². The lowest BCUT2D eigenvalue weighted by molar-refractivity contribution is 0.420. The predicted octanol–water partition coefficient (Wildman–Crippen LogP) is 21.8. The van der Waals surface area contributed by atoms with Gasteiger partial charge in [0.15, 0.2) is 6.33 Å². The highest BCUT2D eigenvalue weighted by Gasteiger charge is 1.64. The molecule has 0 atom stereocenters. The van der Waals surface area contributed by atoms with E-state index >= 15 is 0 Å². The summed E-state index contributed by atoms with van der Waals surface area (Å²) in [4.78, 5) is 18.0. The second-order valence-corrected chi connectivity index (χ2v) is 7.65. The molecule has 27 heteroatoms. The number of H-pyrrole nitrogens is 5. The zero-order valence-corrected chi connectivity index (χ0v) is 67.5. The van der Waals surface area contributed by atoms with Gasteiger partial charge in [-0.3, -0.25) is 15.2 Å². The summed E-state index contributed by atoms with van der Waals surface area (Å²) in [6, 6.07) is 9.27. The van der Waals surface area contributed by atoms with Gasteiger partial charge in [-0.2, -0.15) is 46.2 Å². The molecule has 548 valence electrons. The van der Waals surface area contributed by atoms with E-state index in [4.69, 9.17) is 0 Å². The van der Waals surface area contributed by atoms with Gasteiger partial charge >= 0.3 is 0 Å². The lowest BCUT2D eigenvalue weighted by atomic mass is 10.5. The summed E-state index contributed by atoms with van der Waals surface area (Å²) < 4.78 is 8.69. The van der Waals surface area contributed by atoms with Gasteiger partial charge in [0.1, 0.15) is 48.9 Å². The van der Waals surface area contributed by atoms with Gasteiger partial charge in [0.25, 0.3) is 0 Å². The molecule has 10 aromatic rings. The summed E-state index contributed by atoms with van der Waals surface area (Å²) in [6.07, 6.45) is 27.5. The van der Waals surface area contributed by atoms with E-state index in [1.165, 1.54) is 68.4 Å². The first-order chi connectivity index (χ1) is 46.0. The molecule has 0 fully saturated rings. The normalized spacial score (nSPS) is 5.83. The maximum Gasteiger partial charge on any atom is 0.203 e. The molecule has 0 aliphatic heterocycles. The lowest BCUT2D eigenvalue weighted by Crippen LogP contribution is -1.73. The first-order valence-corrected chi connectivity index (χ1v) is 34.5. The Kier molecular flexibility index (Phi) is 443. The molecule has 0 aliphatic rings. The molecule has 0 bridgehead atoms. The molecule has 5 N–H and O–H groups in total. The Balaban J connectivity index is -0.0000000329. The van der Waals surface area contributed by atoms with E-state index in [1.54, 1.807) is 72.9 Å². The Morgan fingerprint density at radius 1 is 0.272 bits per heavy atom. The van der Waals surface area contributed by atoms with Crippen molar-refractivity contribution >= 4 is 11.3 Å². The van der Waals surface area contributed by atoms with Crippen molar-refractivity contribution in [2.45, 2.75) is 277 Å². The SMILES string of the molecule is CC.CC.CC.CC.CC.CC.CC.CC.CC.CC.CC.CC.CC.CC.CC.CC.CC.CC.CC.CC.c1ccncc1.c1cn[nH]c1.c1cn[nH]n1.c1cn[nH]n1.c1cnoc1.c1nc[nH]n1.c1ncncn1.c1nn[nH]n1.c1nnco1.c1nncs1. The van der Waals surface area contributed by atoms with E-state index in [1.807, 2.05) is 301 Å².